The second-order valence-corrected chi connectivity index (χ2v) is 5.25. The third-order valence-corrected chi connectivity index (χ3v) is 3.55. The van der Waals surface area contributed by atoms with Gasteiger partial charge >= 0.3 is 0 Å². The lowest BCUT2D eigenvalue weighted by molar-refractivity contribution is 0.588. The molecule has 2 heterocycles. The van der Waals surface area contributed by atoms with Gasteiger partial charge in [-0.25, -0.2) is 0 Å². The zero-order valence-corrected chi connectivity index (χ0v) is 11.1. The Kier molecular flexibility index (Phi) is 4.29. The minimum atomic E-state index is 0.223. The summed E-state index contributed by atoms with van der Waals surface area (Å²) in [5, 5.41) is 5.78. The van der Waals surface area contributed by atoms with Gasteiger partial charge in [-0.2, -0.15) is 0 Å². The highest BCUT2D eigenvalue weighted by Crippen LogP contribution is 2.24. The average molecular weight is 246 g/mol. The Labute approximate surface area is 107 Å². The van der Waals surface area contributed by atoms with E-state index in [2.05, 4.69) is 41.7 Å². The summed E-state index contributed by atoms with van der Waals surface area (Å²) in [6.45, 7) is 5.33. The highest BCUT2D eigenvalue weighted by molar-refractivity contribution is 7.10. The second-order valence-electron chi connectivity index (χ2n) is 4.13. The summed E-state index contributed by atoms with van der Waals surface area (Å²) < 4.78 is 0. The number of hydrogen-bond acceptors (Lipinski definition) is 3. The van der Waals surface area contributed by atoms with Gasteiger partial charge in [0.15, 0.2) is 0 Å². The number of aryl methyl sites for hydroxylation is 1. The summed E-state index contributed by atoms with van der Waals surface area (Å²) in [6, 6.07) is 8.55. The average Bonchev–Trinajstić information content (AvgIpc) is 2.78. The van der Waals surface area contributed by atoms with Gasteiger partial charge in [-0.15, -0.1) is 11.3 Å². The molecule has 0 saturated heterocycles. The van der Waals surface area contributed by atoms with Crippen molar-refractivity contribution >= 4 is 11.3 Å². The van der Waals surface area contributed by atoms with E-state index in [9.17, 15) is 0 Å². The van der Waals surface area contributed by atoms with Crippen LogP contribution in [0, 0.1) is 6.92 Å². The van der Waals surface area contributed by atoms with E-state index in [1.54, 1.807) is 11.3 Å². The molecule has 0 spiro atoms. The molecule has 0 aromatic carbocycles. The molecule has 2 nitrogen and oxygen atoms in total. The standard InChI is InChI=1S/C14H18N2S/c1-3-7-16-14(12-9-11(2)17-10-12)13-6-4-5-8-15-13/h4-6,8-10,14,16H,3,7H2,1-2H3. The number of thiophene rings is 1. The van der Waals surface area contributed by atoms with Gasteiger partial charge in [0, 0.05) is 11.1 Å². The van der Waals surface area contributed by atoms with Gasteiger partial charge in [0.05, 0.1) is 11.7 Å². The predicted molar refractivity (Wildman–Crippen MR) is 73.4 cm³/mol. The zero-order valence-electron chi connectivity index (χ0n) is 10.3. The Hall–Kier alpha value is -1.19. The smallest absolute Gasteiger partial charge is 0.0759 e. The van der Waals surface area contributed by atoms with Crippen LogP contribution >= 0.6 is 11.3 Å². The molecule has 90 valence electrons. The molecule has 2 aromatic rings. The Morgan fingerprint density at radius 2 is 2.29 bits per heavy atom. The molecule has 0 radical (unpaired) electrons. The topological polar surface area (TPSA) is 24.9 Å². The minimum Gasteiger partial charge on any atom is -0.305 e. The van der Waals surface area contributed by atoms with Gasteiger partial charge in [-0.05, 0) is 49.0 Å². The lowest BCUT2D eigenvalue weighted by Crippen LogP contribution is -2.23. The number of nitrogens with one attached hydrogen (secondary N) is 1. The van der Waals surface area contributed by atoms with Crippen molar-refractivity contribution in [1.29, 1.82) is 0 Å². The molecule has 0 amide bonds. The molecule has 2 rings (SSSR count). The van der Waals surface area contributed by atoms with Crippen LogP contribution in [-0.4, -0.2) is 11.5 Å². The van der Waals surface area contributed by atoms with E-state index in [0.29, 0.717) is 0 Å². The van der Waals surface area contributed by atoms with Crippen molar-refractivity contribution in [1.82, 2.24) is 10.3 Å². The molecule has 0 bridgehead atoms. The van der Waals surface area contributed by atoms with Crippen molar-refractivity contribution in [3.63, 3.8) is 0 Å². The fourth-order valence-electron chi connectivity index (χ4n) is 1.84. The molecule has 0 fully saturated rings. The van der Waals surface area contributed by atoms with Gasteiger partial charge in [-0.1, -0.05) is 13.0 Å². The lowest BCUT2D eigenvalue weighted by atomic mass is 10.1. The molecule has 0 aliphatic heterocycles. The first-order valence-electron chi connectivity index (χ1n) is 6.00. The Morgan fingerprint density at radius 1 is 1.41 bits per heavy atom. The van der Waals surface area contributed by atoms with Crippen molar-refractivity contribution in [3.05, 3.63) is 52.0 Å². The highest BCUT2D eigenvalue weighted by Gasteiger charge is 2.15. The Balaban J connectivity index is 2.25. The molecule has 0 aliphatic carbocycles. The predicted octanol–water partition coefficient (Wildman–Crippen LogP) is 3.54. The van der Waals surface area contributed by atoms with Crippen LogP contribution in [0.25, 0.3) is 0 Å². The highest BCUT2D eigenvalue weighted by atomic mass is 32.1. The third-order valence-electron chi connectivity index (χ3n) is 2.67. The first kappa shape index (κ1) is 12.3. The van der Waals surface area contributed by atoms with Crippen molar-refractivity contribution in [2.45, 2.75) is 26.3 Å². The Morgan fingerprint density at radius 3 is 2.88 bits per heavy atom. The molecule has 17 heavy (non-hydrogen) atoms. The van der Waals surface area contributed by atoms with Gasteiger partial charge in [0.1, 0.15) is 0 Å². The summed E-state index contributed by atoms with van der Waals surface area (Å²) in [6.07, 6.45) is 2.99. The normalized spacial score (nSPS) is 12.6. The van der Waals surface area contributed by atoms with Gasteiger partial charge in [0.2, 0.25) is 0 Å². The van der Waals surface area contributed by atoms with Crippen LogP contribution in [-0.2, 0) is 0 Å². The maximum atomic E-state index is 4.46. The largest absolute Gasteiger partial charge is 0.305 e. The quantitative estimate of drug-likeness (QED) is 0.873. The van der Waals surface area contributed by atoms with Crippen LogP contribution in [0.2, 0.25) is 0 Å². The number of nitrogens with zero attached hydrogens (tertiary/aromatic N) is 1. The molecule has 0 aliphatic rings. The molecule has 3 heteroatoms. The third kappa shape index (κ3) is 3.14. The van der Waals surface area contributed by atoms with E-state index in [0.717, 1.165) is 18.7 Å². The number of aromatic nitrogens is 1. The van der Waals surface area contributed by atoms with E-state index >= 15 is 0 Å². The molecule has 2 aromatic heterocycles. The van der Waals surface area contributed by atoms with Crippen molar-refractivity contribution in [3.8, 4) is 0 Å². The first-order valence-corrected chi connectivity index (χ1v) is 6.88. The van der Waals surface area contributed by atoms with E-state index in [4.69, 9.17) is 0 Å². The molecular formula is C14H18N2S. The van der Waals surface area contributed by atoms with E-state index < -0.39 is 0 Å². The van der Waals surface area contributed by atoms with Crippen LogP contribution in [0.3, 0.4) is 0 Å². The van der Waals surface area contributed by atoms with Gasteiger partial charge in [0.25, 0.3) is 0 Å². The monoisotopic (exact) mass is 246 g/mol. The molecule has 1 atom stereocenters. The maximum absolute atomic E-state index is 4.46. The first-order chi connectivity index (χ1) is 8.31. The molecule has 1 N–H and O–H groups in total. The lowest BCUT2D eigenvalue weighted by Gasteiger charge is -2.16. The van der Waals surface area contributed by atoms with E-state index in [1.165, 1.54) is 10.4 Å². The van der Waals surface area contributed by atoms with E-state index in [-0.39, 0.29) is 6.04 Å². The van der Waals surface area contributed by atoms with Crippen molar-refractivity contribution in [2.24, 2.45) is 0 Å². The van der Waals surface area contributed by atoms with Crippen molar-refractivity contribution in [2.75, 3.05) is 6.54 Å². The SMILES string of the molecule is CCCNC(c1csc(C)c1)c1ccccn1. The van der Waals surface area contributed by atoms with E-state index in [1.807, 2.05) is 18.3 Å². The molecule has 1 unspecified atom stereocenters. The van der Waals surface area contributed by atoms with Gasteiger partial charge in [-0.3, -0.25) is 4.98 Å². The Bertz CT molecular complexity index is 450. The summed E-state index contributed by atoms with van der Waals surface area (Å²) in [5.41, 5.74) is 2.42. The van der Waals surface area contributed by atoms with Crippen LogP contribution in [0.15, 0.2) is 35.8 Å². The minimum absolute atomic E-state index is 0.223. The van der Waals surface area contributed by atoms with Crippen LogP contribution in [0.5, 0.6) is 0 Å². The van der Waals surface area contributed by atoms with Crippen molar-refractivity contribution < 1.29 is 0 Å². The van der Waals surface area contributed by atoms with Gasteiger partial charge < -0.3 is 5.32 Å². The second kappa shape index (κ2) is 5.94. The summed E-state index contributed by atoms with van der Waals surface area (Å²) in [4.78, 5) is 5.81. The van der Waals surface area contributed by atoms with Crippen LogP contribution < -0.4 is 5.32 Å². The van der Waals surface area contributed by atoms with Crippen LogP contribution in [0.4, 0.5) is 0 Å². The fourth-order valence-corrected chi connectivity index (χ4v) is 2.57. The molecule has 0 saturated carbocycles. The maximum Gasteiger partial charge on any atom is 0.0759 e. The molecular weight excluding hydrogens is 228 g/mol. The fraction of sp³-hybridized carbons (Fsp3) is 0.357. The summed E-state index contributed by atoms with van der Waals surface area (Å²) >= 11 is 1.79. The number of hydrogen-bond donors (Lipinski definition) is 1. The summed E-state index contributed by atoms with van der Waals surface area (Å²) in [7, 11) is 0. The number of pyridine rings is 1. The van der Waals surface area contributed by atoms with Crippen LogP contribution in [0.1, 0.15) is 35.5 Å². The summed E-state index contributed by atoms with van der Waals surface area (Å²) in [5.74, 6) is 0. The zero-order chi connectivity index (χ0) is 12.1. The number of rotatable bonds is 5.